The Labute approximate surface area is 123 Å². The zero-order chi connectivity index (χ0) is 14.4. The molecule has 20 heavy (non-hydrogen) atoms. The summed E-state index contributed by atoms with van der Waals surface area (Å²) in [5, 5.41) is 2.01. The molecule has 0 N–H and O–H groups in total. The van der Waals surface area contributed by atoms with Crippen LogP contribution in [0, 0.1) is 0 Å². The van der Waals surface area contributed by atoms with Crippen molar-refractivity contribution in [1.29, 1.82) is 0 Å². The molecular formula is C14H17BN2O2S. The molecule has 0 unspecified atom stereocenters. The van der Waals surface area contributed by atoms with Crippen LogP contribution in [0.1, 0.15) is 27.7 Å². The van der Waals surface area contributed by atoms with Crippen molar-refractivity contribution in [3.63, 3.8) is 0 Å². The van der Waals surface area contributed by atoms with E-state index < -0.39 is 7.12 Å². The van der Waals surface area contributed by atoms with Crippen LogP contribution in [0.15, 0.2) is 29.9 Å². The van der Waals surface area contributed by atoms with Gasteiger partial charge < -0.3 is 9.31 Å². The van der Waals surface area contributed by atoms with Crippen LogP contribution in [0.2, 0.25) is 0 Å². The Morgan fingerprint density at radius 1 is 1.05 bits per heavy atom. The van der Waals surface area contributed by atoms with Crippen molar-refractivity contribution in [3.8, 4) is 10.7 Å². The minimum Gasteiger partial charge on any atom is -0.399 e. The summed E-state index contributed by atoms with van der Waals surface area (Å²) in [6.07, 6.45) is 3.56. The molecule has 0 atom stereocenters. The molecule has 2 aromatic rings. The van der Waals surface area contributed by atoms with Gasteiger partial charge in [0.15, 0.2) is 5.82 Å². The van der Waals surface area contributed by atoms with E-state index in [1.165, 1.54) is 0 Å². The maximum Gasteiger partial charge on any atom is 0.498 e. The van der Waals surface area contributed by atoms with Crippen LogP contribution in [-0.2, 0) is 9.31 Å². The summed E-state index contributed by atoms with van der Waals surface area (Å²) < 4.78 is 12.0. The lowest BCUT2D eigenvalue weighted by Crippen LogP contribution is -2.41. The first-order chi connectivity index (χ1) is 9.39. The van der Waals surface area contributed by atoms with Gasteiger partial charge in [0.2, 0.25) is 0 Å². The number of rotatable bonds is 2. The number of hydrogen-bond donors (Lipinski definition) is 0. The average molecular weight is 288 g/mol. The molecular weight excluding hydrogens is 271 g/mol. The number of aromatic nitrogens is 2. The van der Waals surface area contributed by atoms with Crippen LogP contribution in [0.5, 0.6) is 0 Å². The number of nitrogens with zero attached hydrogens (tertiary/aromatic N) is 2. The molecule has 6 heteroatoms. The van der Waals surface area contributed by atoms with Gasteiger partial charge in [-0.05, 0) is 39.1 Å². The third-order valence-electron chi connectivity index (χ3n) is 3.94. The topological polar surface area (TPSA) is 44.2 Å². The zero-order valence-electron chi connectivity index (χ0n) is 12.1. The fourth-order valence-corrected chi connectivity index (χ4v) is 2.64. The second-order valence-electron chi connectivity index (χ2n) is 5.91. The lowest BCUT2D eigenvalue weighted by atomic mass is 9.81. The van der Waals surface area contributed by atoms with Crippen molar-refractivity contribution in [2.75, 3.05) is 0 Å². The summed E-state index contributed by atoms with van der Waals surface area (Å²) in [4.78, 5) is 9.86. The van der Waals surface area contributed by atoms with Crippen LogP contribution in [0.25, 0.3) is 10.7 Å². The molecule has 4 nitrogen and oxygen atoms in total. The lowest BCUT2D eigenvalue weighted by molar-refractivity contribution is 0.00578. The Morgan fingerprint density at radius 2 is 1.65 bits per heavy atom. The van der Waals surface area contributed by atoms with Gasteiger partial charge in [-0.25, -0.2) is 9.97 Å². The van der Waals surface area contributed by atoms with Crippen LogP contribution >= 0.6 is 11.3 Å². The number of thiophene rings is 1. The van der Waals surface area contributed by atoms with E-state index in [0.717, 1.165) is 16.2 Å². The molecule has 0 aliphatic carbocycles. The normalized spacial score (nSPS) is 20.3. The Bertz CT molecular complexity index is 580. The average Bonchev–Trinajstić information content (AvgIpc) is 2.97. The fourth-order valence-electron chi connectivity index (χ4n) is 1.97. The quantitative estimate of drug-likeness (QED) is 0.796. The molecule has 3 heterocycles. The van der Waals surface area contributed by atoms with E-state index in [2.05, 4.69) is 9.97 Å². The van der Waals surface area contributed by atoms with Crippen molar-refractivity contribution < 1.29 is 9.31 Å². The summed E-state index contributed by atoms with van der Waals surface area (Å²) in [6.45, 7) is 8.14. The Balaban J connectivity index is 1.83. The molecule has 104 valence electrons. The lowest BCUT2D eigenvalue weighted by Gasteiger charge is -2.32. The van der Waals surface area contributed by atoms with Gasteiger partial charge in [0.1, 0.15) is 0 Å². The molecule has 0 bridgehead atoms. The first-order valence-corrected chi connectivity index (χ1v) is 7.48. The van der Waals surface area contributed by atoms with Crippen molar-refractivity contribution in [1.82, 2.24) is 9.97 Å². The first-order valence-electron chi connectivity index (χ1n) is 6.60. The van der Waals surface area contributed by atoms with Gasteiger partial charge in [-0.15, -0.1) is 11.3 Å². The smallest absolute Gasteiger partial charge is 0.399 e. The second-order valence-corrected chi connectivity index (χ2v) is 6.85. The maximum absolute atomic E-state index is 5.98. The predicted octanol–water partition coefficient (Wildman–Crippen LogP) is 2.50. The maximum atomic E-state index is 5.98. The molecule has 1 fully saturated rings. The molecule has 0 amide bonds. The highest BCUT2D eigenvalue weighted by Gasteiger charge is 2.51. The van der Waals surface area contributed by atoms with E-state index >= 15 is 0 Å². The monoisotopic (exact) mass is 288 g/mol. The Morgan fingerprint density at radius 3 is 2.15 bits per heavy atom. The first kappa shape index (κ1) is 13.7. The van der Waals surface area contributed by atoms with Gasteiger partial charge in [0.25, 0.3) is 0 Å². The van der Waals surface area contributed by atoms with E-state index in [0.29, 0.717) is 0 Å². The Kier molecular flexibility index (Phi) is 3.19. The van der Waals surface area contributed by atoms with E-state index in [-0.39, 0.29) is 11.2 Å². The number of hydrogen-bond acceptors (Lipinski definition) is 5. The van der Waals surface area contributed by atoms with Gasteiger partial charge in [0, 0.05) is 17.9 Å². The van der Waals surface area contributed by atoms with Gasteiger partial charge in [0.05, 0.1) is 16.1 Å². The van der Waals surface area contributed by atoms with E-state index in [1.54, 1.807) is 23.7 Å². The van der Waals surface area contributed by atoms with Gasteiger partial charge in [-0.1, -0.05) is 6.07 Å². The summed E-state index contributed by atoms with van der Waals surface area (Å²) in [5.41, 5.74) is 0.165. The van der Waals surface area contributed by atoms with Crippen molar-refractivity contribution in [2.24, 2.45) is 0 Å². The predicted molar refractivity (Wildman–Crippen MR) is 81.1 cm³/mol. The van der Waals surface area contributed by atoms with E-state index in [9.17, 15) is 0 Å². The zero-order valence-corrected chi connectivity index (χ0v) is 12.9. The summed E-state index contributed by atoms with van der Waals surface area (Å²) in [6, 6.07) is 4.00. The minimum absolute atomic E-state index is 0.343. The molecule has 1 aliphatic heterocycles. The third kappa shape index (κ3) is 2.28. The van der Waals surface area contributed by atoms with Crippen LogP contribution in [0.4, 0.5) is 0 Å². The highest BCUT2D eigenvalue weighted by Crippen LogP contribution is 2.36. The van der Waals surface area contributed by atoms with Crippen molar-refractivity contribution in [2.45, 2.75) is 38.9 Å². The third-order valence-corrected chi connectivity index (χ3v) is 4.80. The second kappa shape index (κ2) is 4.65. The van der Waals surface area contributed by atoms with Crippen molar-refractivity contribution >= 4 is 23.9 Å². The molecule has 0 saturated carbocycles. The SMILES string of the molecule is CC1(C)OB(c2cnc(-c3cccs3)nc2)OC1(C)C. The summed E-state index contributed by atoms with van der Waals surface area (Å²) >= 11 is 1.63. The highest BCUT2D eigenvalue weighted by molar-refractivity contribution is 7.13. The van der Waals surface area contributed by atoms with Gasteiger partial charge in [-0.3, -0.25) is 0 Å². The summed E-state index contributed by atoms with van der Waals surface area (Å²) in [5.74, 6) is 0.736. The van der Waals surface area contributed by atoms with E-state index in [4.69, 9.17) is 9.31 Å². The van der Waals surface area contributed by atoms with Crippen LogP contribution in [-0.4, -0.2) is 28.3 Å². The highest BCUT2D eigenvalue weighted by atomic mass is 32.1. The van der Waals surface area contributed by atoms with Crippen LogP contribution in [0.3, 0.4) is 0 Å². The molecule has 0 aromatic carbocycles. The summed E-state index contributed by atoms with van der Waals surface area (Å²) in [7, 11) is -0.405. The molecule has 1 saturated heterocycles. The molecule has 3 rings (SSSR count). The largest absolute Gasteiger partial charge is 0.498 e. The van der Waals surface area contributed by atoms with Crippen LogP contribution < -0.4 is 5.46 Å². The van der Waals surface area contributed by atoms with Crippen molar-refractivity contribution in [3.05, 3.63) is 29.9 Å². The molecule has 0 radical (unpaired) electrons. The molecule has 0 spiro atoms. The molecule has 1 aliphatic rings. The molecule has 2 aromatic heterocycles. The fraction of sp³-hybridized carbons (Fsp3) is 0.429. The van der Waals surface area contributed by atoms with E-state index in [1.807, 2.05) is 45.2 Å². The van der Waals surface area contributed by atoms with Gasteiger partial charge in [-0.2, -0.15) is 0 Å². The Hall–Kier alpha value is -1.24. The standard InChI is InChI=1S/C14H17BN2O2S/c1-13(2)14(3,4)19-15(18-13)10-8-16-12(17-9-10)11-6-5-7-20-11/h5-9H,1-4H3. The minimum atomic E-state index is -0.405. The van der Waals surface area contributed by atoms with Gasteiger partial charge >= 0.3 is 7.12 Å².